The smallest absolute Gasteiger partial charge is 0.306 e. The molecule has 0 spiro atoms. The van der Waals surface area contributed by atoms with Gasteiger partial charge in [-0.1, -0.05) is 279 Å². The van der Waals surface area contributed by atoms with Gasteiger partial charge in [-0.2, -0.15) is 0 Å². The SMILES string of the molecule is CCCCCCCCCCCCCCCC(=O)OC[C@H](COC(=O)CCCCCCCCCCCCCCCCCCCCC(C)CC)OC(=O)CCCCCCCCCC(C)C. The zero-order valence-electron chi connectivity index (χ0n) is 43.2. The summed E-state index contributed by atoms with van der Waals surface area (Å²) >= 11 is 0. The van der Waals surface area contributed by atoms with Crippen LogP contribution in [0.2, 0.25) is 0 Å². The number of rotatable bonds is 51. The van der Waals surface area contributed by atoms with Crippen molar-refractivity contribution >= 4 is 17.9 Å². The van der Waals surface area contributed by atoms with Crippen LogP contribution in [0, 0.1) is 11.8 Å². The van der Waals surface area contributed by atoms with Gasteiger partial charge >= 0.3 is 17.9 Å². The Morgan fingerprint density at radius 1 is 0.333 bits per heavy atom. The predicted octanol–water partition coefficient (Wildman–Crippen LogP) is 18.5. The maximum atomic E-state index is 12.8. The molecule has 0 aromatic rings. The van der Waals surface area contributed by atoms with Crippen molar-refractivity contribution in [1.29, 1.82) is 0 Å². The van der Waals surface area contributed by atoms with E-state index in [0.717, 1.165) is 69.6 Å². The summed E-state index contributed by atoms with van der Waals surface area (Å²) in [5.41, 5.74) is 0. The number of unbranched alkanes of at least 4 members (excludes halogenated alkanes) is 35. The van der Waals surface area contributed by atoms with Gasteiger partial charge in [0.05, 0.1) is 0 Å². The first-order valence-electron chi connectivity index (χ1n) is 28.3. The van der Waals surface area contributed by atoms with Crippen LogP contribution in [-0.2, 0) is 28.6 Å². The molecule has 0 aliphatic rings. The predicted molar refractivity (Wildman–Crippen MR) is 270 cm³/mol. The minimum Gasteiger partial charge on any atom is -0.462 e. The van der Waals surface area contributed by atoms with E-state index >= 15 is 0 Å². The van der Waals surface area contributed by atoms with E-state index in [2.05, 4.69) is 34.6 Å². The molecule has 0 aromatic carbocycles. The van der Waals surface area contributed by atoms with Gasteiger partial charge in [-0.05, 0) is 31.1 Å². The third-order valence-corrected chi connectivity index (χ3v) is 13.3. The van der Waals surface area contributed by atoms with Crippen molar-refractivity contribution in [3.05, 3.63) is 0 Å². The van der Waals surface area contributed by atoms with Crippen molar-refractivity contribution in [2.24, 2.45) is 11.8 Å². The highest BCUT2D eigenvalue weighted by molar-refractivity contribution is 5.71. The van der Waals surface area contributed by atoms with Crippen LogP contribution in [-0.4, -0.2) is 37.2 Å². The molecule has 1 unspecified atom stereocenters. The molecule has 0 aliphatic carbocycles. The van der Waals surface area contributed by atoms with E-state index in [9.17, 15) is 14.4 Å². The zero-order valence-corrected chi connectivity index (χ0v) is 43.2. The molecule has 0 radical (unpaired) electrons. The minimum absolute atomic E-state index is 0.0638. The normalized spacial score (nSPS) is 12.5. The number of hydrogen-bond donors (Lipinski definition) is 0. The van der Waals surface area contributed by atoms with Crippen LogP contribution in [0.15, 0.2) is 0 Å². The Kier molecular flexibility index (Phi) is 48.6. The Morgan fingerprint density at radius 2 is 0.603 bits per heavy atom. The molecule has 0 aromatic heterocycles. The van der Waals surface area contributed by atoms with Gasteiger partial charge in [-0.3, -0.25) is 14.4 Å². The third-order valence-electron chi connectivity index (χ3n) is 13.3. The van der Waals surface area contributed by atoms with Gasteiger partial charge in [0.15, 0.2) is 6.10 Å². The number of carbonyl (C=O) groups excluding carboxylic acids is 3. The summed E-state index contributed by atoms with van der Waals surface area (Å²) < 4.78 is 16.8. The van der Waals surface area contributed by atoms with E-state index in [1.54, 1.807) is 0 Å². The Balaban J connectivity index is 4.17. The fourth-order valence-electron chi connectivity index (χ4n) is 8.66. The summed E-state index contributed by atoms with van der Waals surface area (Å²) in [6.45, 7) is 11.4. The van der Waals surface area contributed by atoms with Gasteiger partial charge < -0.3 is 14.2 Å². The first kappa shape index (κ1) is 61.4. The average Bonchev–Trinajstić information content (AvgIpc) is 3.27. The van der Waals surface area contributed by atoms with Gasteiger partial charge in [-0.25, -0.2) is 0 Å². The molecule has 6 nitrogen and oxygen atoms in total. The topological polar surface area (TPSA) is 78.9 Å². The second-order valence-electron chi connectivity index (χ2n) is 20.3. The number of esters is 3. The highest BCUT2D eigenvalue weighted by Crippen LogP contribution is 2.18. The first-order valence-corrected chi connectivity index (χ1v) is 28.3. The Morgan fingerprint density at radius 3 is 0.905 bits per heavy atom. The molecule has 2 atom stereocenters. The fourth-order valence-corrected chi connectivity index (χ4v) is 8.66. The van der Waals surface area contributed by atoms with Crippen LogP contribution in [0.5, 0.6) is 0 Å². The molecule has 0 saturated carbocycles. The first-order chi connectivity index (χ1) is 30.8. The summed E-state index contributed by atoms with van der Waals surface area (Å²) in [7, 11) is 0. The maximum absolute atomic E-state index is 12.8. The zero-order chi connectivity index (χ0) is 46.1. The molecule has 0 N–H and O–H groups in total. The van der Waals surface area contributed by atoms with E-state index in [-0.39, 0.29) is 31.1 Å². The monoisotopic (exact) mass is 891 g/mol. The van der Waals surface area contributed by atoms with Gasteiger partial charge in [0, 0.05) is 19.3 Å². The molecule has 0 rings (SSSR count). The molecular weight excluding hydrogens is 781 g/mol. The van der Waals surface area contributed by atoms with Gasteiger partial charge in [-0.15, -0.1) is 0 Å². The molecule has 374 valence electrons. The summed E-state index contributed by atoms with van der Waals surface area (Å²) in [6, 6.07) is 0. The third kappa shape index (κ3) is 49.7. The largest absolute Gasteiger partial charge is 0.462 e. The maximum Gasteiger partial charge on any atom is 0.306 e. The molecule has 0 heterocycles. The molecule has 0 saturated heterocycles. The molecule has 6 heteroatoms. The summed E-state index contributed by atoms with van der Waals surface area (Å²) in [5, 5.41) is 0. The van der Waals surface area contributed by atoms with Gasteiger partial charge in [0.2, 0.25) is 0 Å². The van der Waals surface area contributed by atoms with E-state index in [4.69, 9.17) is 14.2 Å². The van der Waals surface area contributed by atoms with E-state index in [1.807, 2.05) is 0 Å². The molecule has 0 fully saturated rings. The quantitative estimate of drug-likeness (QED) is 0.0344. The minimum atomic E-state index is -0.762. The molecule has 0 amide bonds. The van der Waals surface area contributed by atoms with Crippen LogP contribution >= 0.6 is 0 Å². The lowest BCUT2D eigenvalue weighted by atomic mass is 9.99. The second-order valence-corrected chi connectivity index (χ2v) is 20.3. The number of hydrogen-bond acceptors (Lipinski definition) is 6. The molecule has 63 heavy (non-hydrogen) atoms. The standard InChI is InChI=1S/C57H110O6/c1-6-8-9-10-11-12-13-20-24-27-32-37-42-47-55(58)61-50-54(63-57(60)49-44-39-34-29-30-35-40-45-52(3)4)51-62-56(59)48-43-38-33-28-25-22-19-17-15-14-16-18-21-23-26-31-36-41-46-53(5)7-2/h52-54H,6-51H2,1-5H3/t53?,54-/m1/s1. The van der Waals surface area contributed by atoms with E-state index < -0.39 is 6.10 Å². The number of ether oxygens (including phenoxy) is 3. The Labute approximate surface area is 393 Å². The fraction of sp³-hybridized carbons (Fsp3) is 0.947. The van der Waals surface area contributed by atoms with Crippen molar-refractivity contribution in [1.82, 2.24) is 0 Å². The lowest BCUT2D eigenvalue weighted by molar-refractivity contribution is -0.167. The second kappa shape index (κ2) is 49.8. The van der Waals surface area contributed by atoms with Crippen molar-refractivity contribution in [2.45, 2.75) is 323 Å². The van der Waals surface area contributed by atoms with Crippen LogP contribution in [0.1, 0.15) is 317 Å². The lowest BCUT2D eigenvalue weighted by Gasteiger charge is -2.18. The Hall–Kier alpha value is -1.59. The lowest BCUT2D eigenvalue weighted by Crippen LogP contribution is -2.30. The average molecular weight is 892 g/mol. The summed E-state index contributed by atoms with van der Waals surface area (Å²) in [4.78, 5) is 38.0. The van der Waals surface area contributed by atoms with Crippen LogP contribution in [0.25, 0.3) is 0 Å². The van der Waals surface area contributed by atoms with Crippen LogP contribution < -0.4 is 0 Å². The number of carbonyl (C=O) groups is 3. The van der Waals surface area contributed by atoms with E-state index in [0.29, 0.717) is 19.3 Å². The van der Waals surface area contributed by atoms with Gasteiger partial charge in [0.1, 0.15) is 13.2 Å². The van der Waals surface area contributed by atoms with E-state index in [1.165, 1.54) is 205 Å². The van der Waals surface area contributed by atoms with Crippen molar-refractivity contribution < 1.29 is 28.6 Å². The highest BCUT2D eigenvalue weighted by atomic mass is 16.6. The van der Waals surface area contributed by atoms with Crippen LogP contribution in [0.3, 0.4) is 0 Å². The molecule has 0 aliphatic heterocycles. The van der Waals surface area contributed by atoms with Crippen molar-refractivity contribution in [3.63, 3.8) is 0 Å². The molecular formula is C57H110O6. The van der Waals surface area contributed by atoms with Gasteiger partial charge in [0.25, 0.3) is 0 Å². The summed E-state index contributed by atoms with van der Waals surface area (Å²) in [6.07, 6.45) is 52.4. The van der Waals surface area contributed by atoms with Crippen molar-refractivity contribution in [2.75, 3.05) is 13.2 Å². The van der Waals surface area contributed by atoms with Crippen molar-refractivity contribution in [3.8, 4) is 0 Å². The molecule has 0 bridgehead atoms. The van der Waals surface area contributed by atoms with Crippen LogP contribution in [0.4, 0.5) is 0 Å². The highest BCUT2D eigenvalue weighted by Gasteiger charge is 2.19. The summed E-state index contributed by atoms with van der Waals surface area (Å²) in [5.74, 6) is 0.842. The Bertz CT molecular complexity index is 964.